The number of hydrogen-bond acceptors (Lipinski definition) is 0. The Hall–Kier alpha value is 0.220. The smallest absolute Gasteiger partial charge is 0.0325 e. The van der Waals surface area contributed by atoms with Gasteiger partial charge in [-0.05, 0) is 12.8 Å². The highest BCUT2D eigenvalue weighted by molar-refractivity contribution is 9.09. The molecule has 0 saturated carbocycles. The van der Waals surface area contributed by atoms with Crippen LogP contribution in [0.1, 0.15) is 58.8 Å². The van der Waals surface area contributed by atoms with Gasteiger partial charge in [-0.1, -0.05) is 74.0 Å². The van der Waals surface area contributed by atoms with Gasteiger partial charge in [0.1, 0.15) is 0 Å². The fraction of sp³-hybridized carbons (Fsp3) is 0.833. The second-order valence-electron chi connectivity index (χ2n) is 3.58. The molecule has 0 saturated heterocycles. The molecule has 0 aromatic carbocycles. The molecule has 0 amide bonds. The van der Waals surface area contributed by atoms with E-state index in [2.05, 4.69) is 41.9 Å². The van der Waals surface area contributed by atoms with E-state index in [-0.39, 0.29) is 0 Å². The third-order valence-electron chi connectivity index (χ3n) is 2.13. The highest BCUT2D eigenvalue weighted by Crippen LogP contribution is 2.13. The summed E-state index contributed by atoms with van der Waals surface area (Å²) in [4.78, 5) is 0.607. The van der Waals surface area contributed by atoms with Crippen molar-refractivity contribution in [3.63, 3.8) is 0 Å². The Bertz CT molecular complexity index is 118. The van der Waals surface area contributed by atoms with Crippen LogP contribution in [0.4, 0.5) is 0 Å². The summed E-state index contributed by atoms with van der Waals surface area (Å²) in [6, 6.07) is 0. The summed E-state index contributed by atoms with van der Waals surface area (Å²) >= 11 is 3.67. The lowest BCUT2D eigenvalue weighted by molar-refractivity contribution is 0.643. The zero-order valence-corrected chi connectivity index (χ0v) is 10.6. The van der Waals surface area contributed by atoms with Gasteiger partial charge in [0.05, 0.1) is 0 Å². The van der Waals surface area contributed by atoms with E-state index >= 15 is 0 Å². The largest absolute Gasteiger partial charge is 0.0874 e. The van der Waals surface area contributed by atoms with Gasteiger partial charge in [-0.2, -0.15) is 0 Å². The third-order valence-corrected chi connectivity index (χ3v) is 2.90. The molecule has 0 aromatic heterocycles. The molecule has 0 nitrogen and oxygen atoms in total. The van der Waals surface area contributed by atoms with Crippen LogP contribution in [0.5, 0.6) is 0 Å². The summed E-state index contributed by atoms with van der Waals surface area (Å²) in [5, 5.41) is 0. The molecule has 0 bridgehead atoms. The van der Waals surface area contributed by atoms with Gasteiger partial charge in [-0.15, -0.1) is 0 Å². The van der Waals surface area contributed by atoms with Crippen LogP contribution in [0.25, 0.3) is 0 Å². The molecule has 13 heavy (non-hydrogen) atoms. The average molecular weight is 247 g/mol. The van der Waals surface area contributed by atoms with Crippen LogP contribution in [0.15, 0.2) is 12.2 Å². The SMILES string of the molecule is CCC/C=C/C(Br)CCCCCC. The molecule has 0 aliphatic heterocycles. The van der Waals surface area contributed by atoms with Crippen LogP contribution >= 0.6 is 15.9 Å². The van der Waals surface area contributed by atoms with Gasteiger partial charge in [-0.25, -0.2) is 0 Å². The van der Waals surface area contributed by atoms with E-state index in [1.807, 2.05) is 0 Å². The number of hydrogen-bond donors (Lipinski definition) is 0. The summed E-state index contributed by atoms with van der Waals surface area (Å²) in [5.74, 6) is 0. The van der Waals surface area contributed by atoms with Crippen molar-refractivity contribution in [1.82, 2.24) is 0 Å². The zero-order valence-electron chi connectivity index (χ0n) is 9.06. The first kappa shape index (κ1) is 13.2. The summed E-state index contributed by atoms with van der Waals surface area (Å²) in [6.45, 7) is 4.47. The molecule has 0 N–H and O–H groups in total. The predicted molar refractivity (Wildman–Crippen MR) is 65.5 cm³/mol. The molecular weight excluding hydrogens is 224 g/mol. The number of halogens is 1. The van der Waals surface area contributed by atoms with E-state index in [1.54, 1.807) is 0 Å². The van der Waals surface area contributed by atoms with Crippen molar-refractivity contribution < 1.29 is 0 Å². The minimum atomic E-state index is 0.607. The molecule has 0 aromatic rings. The van der Waals surface area contributed by atoms with Crippen molar-refractivity contribution in [1.29, 1.82) is 0 Å². The molecule has 1 heteroatoms. The fourth-order valence-electron chi connectivity index (χ4n) is 1.27. The van der Waals surface area contributed by atoms with Gasteiger partial charge >= 0.3 is 0 Å². The normalized spacial score (nSPS) is 13.8. The van der Waals surface area contributed by atoms with Gasteiger partial charge < -0.3 is 0 Å². The van der Waals surface area contributed by atoms with E-state index in [0.29, 0.717) is 4.83 Å². The fourth-order valence-corrected chi connectivity index (χ4v) is 1.81. The minimum Gasteiger partial charge on any atom is -0.0874 e. The Morgan fingerprint density at radius 1 is 1.08 bits per heavy atom. The molecule has 0 rings (SSSR count). The third kappa shape index (κ3) is 10.1. The minimum absolute atomic E-state index is 0.607. The maximum absolute atomic E-state index is 3.67. The van der Waals surface area contributed by atoms with Crippen molar-refractivity contribution in [2.75, 3.05) is 0 Å². The second-order valence-corrected chi connectivity index (χ2v) is 4.76. The lowest BCUT2D eigenvalue weighted by Crippen LogP contribution is -1.92. The molecule has 1 unspecified atom stereocenters. The van der Waals surface area contributed by atoms with Gasteiger partial charge in [0.2, 0.25) is 0 Å². The van der Waals surface area contributed by atoms with Gasteiger partial charge in [0.25, 0.3) is 0 Å². The Morgan fingerprint density at radius 2 is 1.85 bits per heavy atom. The number of unbranched alkanes of at least 4 members (excludes halogenated alkanes) is 4. The predicted octanol–water partition coefficient (Wildman–Crippen LogP) is 5.08. The van der Waals surface area contributed by atoms with Crippen LogP contribution < -0.4 is 0 Å². The van der Waals surface area contributed by atoms with E-state index in [0.717, 1.165) is 0 Å². The van der Waals surface area contributed by atoms with E-state index in [4.69, 9.17) is 0 Å². The number of allylic oxidation sites excluding steroid dienone is 2. The highest BCUT2D eigenvalue weighted by Gasteiger charge is 1.97. The molecule has 0 radical (unpaired) electrons. The van der Waals surface area contributed by atoms with Gasteiger partial charge in [0, 0.05) is 4.83 Å². The van der Waals surface area contributed by atoms with Crippen molar-refractivity contribution >= 4 is 15.9 Å². The van der Waals surface area contributed by atoms with Crippen molar-refractivity contribution in [2.24, 2.45) is 0 Å². The van der Waals surface area contributed by atoms with Crippen molar-refractivity contribution in [2.45, 2.75) is 63.6 Å². The standard InChI is InChI=1S/C12H23Br/c1-3-5-7-9-11-12(13)10-8-6-4-2/h8,10,12H,3-7,9,11H2,1-2H3/b10-8+. The van der Waals surface area contributed by atoms with E-state index in [9.17, 15) is 0 Å². The quantitative estimate of drug-likeness (QED) is 0.319. The summed E-state index contributed by atoms with van der Waals surface area (Å²) < 4.78 is 0. The zero-order chi connectivity index (χ0) is 9.94. The molecule has 78 valence electrons. The molecule has 0 aliphatic carbocycles. The molecule has 0 fully saturated rings. The monoisotopic (exact) mass is 246 g/mol. The lowest BCUT2D eigenvalue weighted by atomic mass is 10.1. The molecule has 0 aliphatic rings. The Kier molecular flexibility index (Phi) is 10.5. The molecule has 0 spiro atoms. The van der Waals surface area contributed by atoms with Crippen LogP contribution in [0.2, 0.25) is 0 Å². The topological polar surface area (TPSA) is 0 Å². The van der Waals surface area contributed by atoms with Crippen LogP contribution in [-0.4, -0.2) is 4.83 Å². The highest BCUT2D eigenvalue weighted by atomic mass is 79.9. The number of rotatable bonds is 8. The first-order valence-electron chi connectivity index (χ1n) is 5.62. The van der Waals surface area contributed by atoms with Gasteiger partial charge in [0.15, 0.2) is 0 Å². The Balaban J connectivity index is 3.24. The lowest BCUT2D eigenvalue weighted by Gasteiger charge is -2.03. The first-order chi connectivity index (χ1) is 6.31. The Morgan fingerprint density at radius 3 is 2.46 bits per heavy atom. The van der Waals surface area contributed by atoms with E-state index < -0.39 is 0 Å². The van der Waals surface area contributed by atoms with Crippen molar-refractivity contribution in [3.05, 3.63) is 12.2 Å². The molecule has 0 heterocycles. The maximum atomic E-state index is 3.67. The maximum Gasteiger partial charge on any atom is 0.0325 e. The Labute approximate surface area is 91.9 Å². The van der Waals surface area contributed by atoms with E-state index in [1.165, 1.54) is 44.9 Å². The average Bonchev–Trinajstić information content (AvgIpc) is 2.13. The van der Waals surface area contributed by atoms with Crippen LogP contribution in [0, 0.1) is 0 Å². The van der Waals surface area contributed by atoms with Crippen LogP contribution in [0.3, 0.4) is 0 Å². The first-order valence-corrected chi connectivity index (χ1v) is 6.53. The number of alkyl halides is 1. The second kappa shape index (κ2) is 10.3. The molecule has 1 atom stereocenters. The summed E-state index contributed by atoms with van der Waals surface area (Å²) in [6.07, 6.45) is 13.8. The van der Waals surface area contributed by atoms with Gasteiger partial charge in [-0.3, -0.25) is 0 Å². The summed E-state index contributed by atoms with van der Waals surface area (Å²) in [7, 11) is 0. The van der Waals surface area contributed by atoms with Crippen molar-refractivity contribution in [3.8, 4) is 0 Å². The molecular formula is C12H23Br. The van der Waals surface area contributed by atoms with Crippen LogP contribution in [-0.2, 0) is 0 Å². The summed E-state index contributed by atoms with van der Waals surface area (Å²) in [5.41, 5.74) is 0.